The van der Waals surface area contributed by atoms with E-state index >= 15 is 0 Å². The van der Waals surface area contributed by atoms with Crippen LogP contribution in [0.3, 0.4) is 0 Å². The second kappa shape index (κ2) is 5.46. The average molecular weight is 329 g/mol. The summed E-state index contributed by atoms with van der Waals surface area (Å²) in [6.07, 6.45) is 5.34. The van der Waals surface area contributed by atoms with E-state index in [1.165, 1.54) is 5.56 Å². The van der Waals surface area contributed by atoms with Crippen molar-refractivity contribution in [1.82, 2.24) is 14.8 Å². The lowest BCUT2D eigenvalue weighted by molar-refractivity contribution is 0.689. The lowest BCUT2D eigenvalue weighted by atomic mass is 10.2. The summed E-state index contributed by atoms with van der Waals surface area (Å²) in [7, 11) is 0. The quantitative estimate of drug-likeness (QED) is 0.802. The Morgan fingerprint density at radius 2 is 1.75 bits per heavy atom. The van der Waals surface area contributed by atoms with Gasteiger partial charge in [0, 0.05) is 28.6 Å². The summed E-state index contributed by atoms with van der Waals surface area (Å²) < 4.78 is 2.92. The van der Waals surface area contributed by atoms with Crippen LogP contribution in [-0.4, -0.2) is 14.8 Å². The van der Waals surface area contributed by atoms with Crippen LogP contribution in [0.2, 0.25) is 0 Å². The van der Waals surface area contributed by atoms with E-state index in [1.807, 2.05) is 35.1 Å². The molecule has 2 N–H and O–H groups in total. The largest absolute Gasteiger partial charge is 0.396 e. The first-order valence-corrected chi connectivity index (χ1v) is 6.99. The molecule has 0 aliphatic rings. The molecule has 0 spiro atoms. The Hall–Kier alpha value is -2.14. The van der Waals surface area contributed by atoms with Gasteiger partial charge in [-0.05, 0) is 29.8 Å². The van der Waals surface area contributed by atoms with Crippen molar-refractivity contribution in [3.05, 3.63) is 65.0 Å². The molecule has 2 aromatic heterocycles. The molecule has 0 aliphatic heterocycles. The fraction of sp³-hybridized carbons (Fsp3) is 0.0667. The molecule has 0 atom stereocenters. The number of anilines is 1. The first-order chi connectivity index (χ1) is 9.72. The van der Waals surface area contributed by atoms with Gasteiger partial charge in [-0.15, -0.1) is 0 Å². The van der Waals surface area contributed by atoms with Gasteiger partial charge in [0.1, 0.15) is 5.69 Å². The SMILES string of the molecule is Nc1cn(Cc2ccc(Br)cc2)nc1-c1ccncc1. The number of pyridine rings is 1. The molecule has 0 radical (unpaired) electrons. The number of benzene rings is 1. The van der Waals surface area contributed by atoms with Gasteiger partial charge in [-0.25, -0.2) is 0 Å². The lowest BCUT2D eigenvalue weighted by Crippen LogP contribution is -2.00. The molecule has 0 fully saturated rings. The monoisotopic (exact) mass is 328 g/mol. The van der Waals surface area contributed by atoms with Crippen LogP contribution in [0.5, 0.6) is 0 Å². The number of hydrogen-bond acceptors (Lipinski definition) is 3. The predicted octanol–water partition coefficient (Wildman–Crippen LogP) is 3.34. The normalized spacial score (nSPS) is 10.7. The number of halogens is 1. The zero-order valence-electron chi connectivity index (χ0n) is 10.7. The fourth-order valence-corrected chi connectivity index (χ4v) is 2.29. The molecule has 0 saturated carbocycles. The molecule has 0 amide bonds. The fourth-order valence-electron chi connectivity index (χ4n) is 2.03. The highest BCUT2D eigenvalue weighted by molar-refractivity contribution is 9.10. The topological polar surface area (TPSA) is 56.7 Å². The van der Waals surface area contributed by atoms with Crippen molar-refractivity contribution >= 4 is 21.6 Å². The Bertz CT molecular complexity index is 704. The molecule has 20 heavy (non-hydrogen) atoms. The Morgan fingerprint density at radius 3 is 2.45 bits per heavy atom. The second-order valence-corrected chi connectivity index (χ2v) is 5.41. The first-order valence-electron chi connectivity index (χ1n) is 6.20. The van der Waals surface area contributed by atoms with Crippen LogP contribution in [0.25, 0.3) is 11.3 Å². The highest BCUT2D eigenvalue weighted by atomic mass is 79.9. The van der Waals surface area contributed by atoms with E-state index in [9.17, 15) is 0 Å². The molecule has 0 bridgehead atoms. The molecular weight excluding hydrogens is 316 g/mol. The minimum atomic E-state index is 0.674. The number of rotatable bonds is 3. The molecule has 0 saturated heterocycles. The van der Waals surface area contributed by atoms with Crippen LogP contribution < -0.4 is 5.73 Å². The van der Waals surface area contributed by atoms with Crippen molar-refractivity contribution in [3.8, 4) is 11.3 Å². The third kappa shape index (κ3) is 2.72. The van der Waals surface area contributed by atoms with E-state index < -0.39 is 0 Å². The van der Waals surface area contributed by atoms with Crippen LogP contribution in [0, 0.1) is 0 Å². The summed E-state index contributed by atoms with van der Waals surface area (Å²) in [6.45, 7) is 0.697. The zero-order valence-corrected chi connectivity index (χ0v) is 12.3. The molecular formula is C15H13BrN4. The minimum Gasteiger partial charge on any atom is -0.396 e. The van der Waals surface area contributed by atoms with E-state index in [0.29, 0.717) is 12.2 Å². The standard InChI is InChI=1S/C15H13BrN4/c16-13-3-1-11(2-4-13)9-20-10-14(17)15(19-20)12-5-7-18-8-6-12/h1-8,10H,9,17H2. The molecule has 4 nitrogen and oxygen atoms in total. The minimum absolute atomic E-state index is 0.674. The van der Waals surface area contributed by atoms with E-state index in [1.54, 1.807) is 12.4 Å². The number of hydrogen-bond donors (Lipinski definition) is 1. The van der Waals surface area contributed by atoms with E-state index in [0.717, 1.165) is 15.7 Å². The molecule has 100 valence electrons. The molecule has 0 unspecified atom stereocenters. The van der Waals surface area contributed by atoms with Gasteiger partial charge in [0.15, 0.2) is 0 Å². The van der Waals surface area contributed by atoms with Gasteiger partial charge in [-0.3, -0.25) is 9.67 Å². The Labute approximate surface area is 125 Å². The van der Waals surface area contributed by atoms with Crippen molar-refractivity contribution in [2.45, 2.75) is 6.54 Å². The first kappa shape index (κ1) is 12.9. The van der Waals surface area contributed by atoms with Gasteiger partial charge in [-0.2, -0.15) is 5.10 Å². The summed E-state index contributed by atoms with van der Waals surface area (Å²) in [4.78, 5) is 4.00. The Kier molecular flexibility index (Phi) is 3.52. The maximum atomic E-state index is 6.04. The van der Waals surface area contributed by atoms with Crippen LogP contribution in [0.1, 0.15) is 5.56 Å². The molecule has 3 rings (SSSR count). The van der Waals surface area contributed by atoms with Crippen molar-refractivity contribution in [3.63, 3.8) is 0 Å². The van der Waals surface area contributed by atoms with Crippen molar-refractivity contribution < 1.29 is 0 Å². The number of aromatic nitrogens is 3. The third-order valence-electron chi connectivity index (χ3n) is 3.00. The number of nitrogens with zero attached hydrogens (tertiary/aromatic N) is 3. The van der Waals surface area contributed by atoms with Crippen molar-refractivity contribution in [2.75, 3.05) is 5.73 Å². The predicted molar refractivity (Wildman–Crippen MR) is 83.1 cm³/mol. The van der Waals surface area contributed by atoms with Gasteiger partial charge < -0.3 is 5.73 Å². The van der Waals surface area contributed by atoms with Crippen LogP contribution in [0.15, 0.2) is 59.5 Å². The molecule has 0 aliphatic carbocycles. The summed E-state index contributed by atoms with van der Waals surface area (Å²) in [5, 5.41) is 4.55. The van der Waals surface area contributed by atoms with E-state index in [-0.39, 0.29) is 0 Å². The van der Waals surface area contributed by atoms with Crippen LogP contribution in [-0.2, 0) is 6.54 Å². The van der Waals surface area contributed by atoms with Gasteiger partial charge in [0.25, 0.3) is 0 Å². The highest BCUT2D eigenvalue weighted by Crippen LogP contribution is 2.23. The van der Waals surface area contributed by atoms with Gasteiger partial charge in [0.05, 0.1) is 12.2 Å². The molecule has 5 heteroatoms. The zero-order chi connectivity index (χ0) is 13.9. The van der Waals surface area contributed by atoms with Gasteiger partial charge in [0.2, 0.25) is 0 Å². The Morgan fingerprint density at radius 1 is 1.05 bits per heavy atom. The highest BCUT2D eigenvalue weighted by Gasteiger charge is 2.08. The summed E-state index contributed by atoms with van der Waals surface area (Å²) in [6, 6.07) is 12.0. The summed E-state index contributed by atoms with van der Waals surface area (Å²) in [5.74, 6) is 0. The van der Waals surface area contributed by atoms with Crippen LogP contribution in [0.4, 0.5) is 5.69 Å². The van der Waals surface area contributed by atoms with Crippen molar-refractivity contribution in [2.24, 2.45) is 0 Å². The smallest absolute Gasteiger partial charge is 0.115 e. The van der Waals surface area contributed by atoms with Crippen LogP contribution >= 0.6 is 15.9 Å². The molecule has 1 aromatic carbocycles. The second-order valence-electron chi connectivity index (χ2n) is 4.49. The maximum absolute atomic E-state index is 6.04. The Balaban J connectivity index is 1.87. The van der Waals surface area contributed by atoms with E-state index in [4.69, 9.17) is 5.73 Å². The average Bonchev–Trinajstić information content (AvgIpc) is 2.83. The summed E-state index contributed by atoms with van der Waals surface area (Å²) in [5.41, 5.74) is 9.67. The van der Waals surface area contributed by atoms with Crippen molar-refractivity contribution in [1.29, 1.82) is 0 Å². The third-order valence-corrected chi connectivity index (χ3v) is 3.53. The van der Waals surface area contributed by atoms with Gasteiger partial charge in [-0.1, -0.05) is 28.1 Å². The molecule has 3 aromatic rings. The maximum Gasteiger partial charge on any atom is 0.115 e. The summed E-state index contributed by atoms with van der Waals surface area (Å²) >= 11 is 3.43. The molecule has 2 heterocycles. The number of nitrogens with two attached hydrogens (primary N) is 1. The lowest BCUT2D eigenvalue weighted by Gasteiger charge is -2.02. The number of nitrogen functional groups attached to an aromatic ring is 1. The van der Waals surface area contributed by atoms with Gasteiger partial charge >= 0.3 is 0 Å². The van der Waals surface area contributed by atoms with E-state index in [2.05, 4.69) is 38.1 Å².